The Kier molecular flexibility index (Phi) is 7.47. The minimum atomic E-state index is -0.710. The van der Waals surface area contributed by atoms with E-state index in [0.717, 1.165) is 82.5 Å². The van der Waals surface area contributed by atoms with Crippen LogP contribution in [0.5, 0.6) is 0 Å². The number of fused-ring (bicyclic) bond motifs is 1. The van der Waals surface area contributed by atoms with Gasteiger partial charge in [-0.25, -0.2) is 9.37 Å². The van der Waals surface area contributed by atoms with Gasteiger partial charge in [-0.05, 0) is 93.3 Å². The molecule has 0 amide bonds. The van der Waals surface area contributed by atoms with E-state index in [-0.39, 0.29) is 23.7 Å². The topological polar surface area (TPSA) is 61.1 Å². The van der Waals surface area contributed by atoms with Crippen LogP contribution in [0.2, 0.25) is 0 Å². The number of benzene rings is 1. The summed E-state index contributed by atoms with van der Waals surface area (Å²) >= 11 is 0. The van der Waals surface area contributed by atoms with Gasteiger partial charge in [0, 0.05) is 61.5 Å². The lowest BCUT2D eigenvalue weighted by atomic mass is 9.72. The first-order valence-electron chi connectivity index (χ1n) is 14.8. The Morgan fingerprint density at radius 3 is 2.67 bits per heavy atom. The largest absolute Gasteiger partial charge is 0.481 e. The second-order valence-electron chi connectivity index (χ2n) is 12.2. The number of aliphatic carboxylic acids is 1. The monoisotopic (exact) mass is 532 g/mol. The number of pyridine rings is 1. The molecule has 1 aliphatic carbocycles. The summed E-state index contributed by atoms with van der Waals surface area (Å²) in [6, 6.07) is 11.5. The van der Waals surface area contributed by atoms with Crippen LogP contribution in [0.1, 0.15) is 80.5 Å². The summed E-state index contributed by atoms with van der Waals surface area (Å²) in [5, 5.41) is 9.37. The van der Waals surface area contributed by atoms with E-state index in [1.165, 1.54) is 23.7 Å². The van der Waals surface area contributed by atoms with Crippen LogP contribution >= 0.6 is 0 Å². The molecule has 2 atom stereocenters. The zero-order chi connectivity index (χ0) is 27.0. The van der Waals surface area contributed by atoms with Crippen LogP contribution in [0.4, 0.5) is 4.39 Å². The first-order chi connectivity index (χ1) is 18.9. The summed E-state index contributed by atoms with van der Waals surface area (Å²) in [6.07, 6.45) is 11.8. The number of rotatable bonds is 9. The number of nitrogens with zero attached hydrogens (tertiary/aromatic N) is 4. The van der Waals surface area contributed by atoms with Gasteiger partial charge >= 0.3 is 5.97 Å². The molecule has 3 aliphatic rings. The highest BCUT2D eigenvalue weighted by atomic mass is 19.1. The Balaban J connectivity index is 1.15. The Morgan fingerprint density at radius 1 is 1.15 bits per heavy atom. The average molecular weight is 533 g/mol. The minimum absolute atomic E-state index is 0.00606. The van der Waals surface area contributed by atoms with Crippen LogP contribution in [-0.4, -0.2) is 68.5 Å². The highest BCUT2D eigenvalue weighted by molar-refractivity contribution is 5.66. The molecule has 6 nitrogen and oxygen atoms in total. The predicted molar refractivity (Wildman–Crippen MR) is 151 cm³/mol. The Bertz CT molecular complexity index is 1310. The van der Waals surface area contributed by atoms with E-state index in [1.54, 1.807) is 6.07 Å². The third kappa shape index (κ3) is 5.36. The number of halogens is 1. The fraction of sp³-hybridized carbons (Fsp3) is 0.562. The van der Waals surface area contributed by atoms with Crippen molar-refractivity contribution in [1.82, 2.24) is 19.2 Å². The number of carboxylic acids is 1. The van der Waals surface area contributed by atoms with Crippen LogP contribution in [-0.2, 0) is 11.2 Å². The van der Waals surface area contributed by atoms with Crippen molar-refractivity contribution in [3.63, 3.8) is 0 Å². The number of piperidine rings is 1. The smallest absolute Gasteiger partial charge is 0.303 e. The molecule has 4 heterocycles. The van der Waals surface area contributed by atoms with E-state index < -0.39 is 5.97 Å². The number of carboxylic acid groups (broad SMARTS) is 1. The molecule has 0 spiro atoms. The molecule has 0 bridgehead atoms. The van der Waals surface area contributed by atoms with Gasteiger partial charge in [-0.3, -0.25) is 9.69 Å². The first-order valence-corrected chi connectivity index (χ1v) is 14.8. The van der Waals surface area contributed by atoms with Crippen molar-refractivity contribution in [2.45, 2.75) is 75.7 Å². The maximum atomic E-state index is 14.3. The quantitative estimate of drug-likeness (QED) is 0.382. The summed E-state index contributed by atoms with van der Waals surface area (Å²) in [6.45, 7) is 7.17. The lowest BCUT2D eigenvalue weighted by Crippen LogP contribution is -2.53. The number of hydrogen-bond acceptors (Lipinski definition) is 4. The molecule has 2 saturated heterocycles. The van der Waals surface area contributed by atoms with Gasteiger partial charge in [-0.1, -0.05) is 25.1 Å². The number of hydrogen-bond donors (Lipinski definition) is 1. The summed E-state index contributed by atoms with van der Waals surface area (Å²) in [5.41, 5.74) is 4.78. The second-order valence-corrected chi connectivity index (χ2v) is 12.2. The van der Waals surface area contributed by atoms with E-state index in [9.17, 15) is 14.3 Å². The fourth-order valence-corrected chi connectivity index (χ4v) is 7.50. The van der Waals surface area contributed by atoms with E-state index in [1.807, 2.05) is 6.07 Å². The van der Waals surface area contributed by atoms with Crippen molar-refractivity contribution < 1.29 is 14.3 Å². The molecule has 1 saturated carbocycles. The lowest BCUT2D eigenvalue weighted by molar-refractivity contribution is -0.138. The number of imidazole rings is 1. The van der Waals surface area contributed by atoms with Gasteiger partial charge in [0.05, 0.1) is 0 Å². The molecule has 2 aromatic heterocycles. The van der Waals surface area contributed by atoms with Crippen molar-refractivity contribution in [1.29, 1.82) is 0 Å². The molecular weight excluding hydrogens is 491 g/mol. The fourth-order valence-electron chi connectivity index (χ4n) is 7.50. The average Bonchev–Trinajstić information content (AvgIpc) is 3.53. The molecular formula is C32H41FN4O2. The zero-order valence-electron chi connectivity index (χ0n) is 23.1. The van der Waals surface area contributed by atoms with Gasteiger partial charge in [0.15, 0.2) is 0 Å². The SMILES string of the molecule is CCc1ccc2ncc(C3CCN(C[C@H]4CN(C5(CCC(=O)O)CCC5)C[C@@H]4c4cccc(F)c4)CC3)n2c1. The van der Waals surface area contributed by atoms with Crippen molar-refractivity contribution >= 4 is 11.6 Å². The zero-order valence-corrected chi connectivity index (χ0v) is 23.1. The maximum absolute atomic E-state index is 14.3. The highest BCUT2D eigenvalue weighted by Gasteiger charge is 2.48. The lowest BCUT2D eigenvalue weighted by Gasteiger charge is -2.49. The van der Waals surface area contributed by atoms with E-state index in [4.69, 9.17) is 0 Å². The number of aromatic nitrogens is 2. The van der Waals surface area contributed by atoms with Crippen LogP contribution < -0.4 is 0 Å². The van der Waals surface area contributed by atoms with E-state index in [2.05, 4.69) is 56.7 Å². The number of aryl methyl sites for hydroxylation is 1. The second kappa shape index (κ2) is 11.0. The Hall–Kier alpha value is -2.77. The molecule has 208 valence electrons. The van der Waals surface area contributed by atoms with Gasteiger partial charge < -0.3 is 14.4 Å². The standard InChI is InChI=1S/C32H41FN4O2/c1-2-23-7-8-30-34-18-29(37(30)19-23)24-10-15-35(16-11-24)20-26-21-36(32(12-4-13-32)14-9-31(38)39)22-28(26)25-5-3-6-27(33)17-25/h3,5-8,17-19,24,26,28H,2,4,9-16,20-22H2,1H3,(H,38,39)/t26-,28+/m0/s1. The van der Waals surface area contributed by atoms with Crippen LogP contribution in [0.25, 0.3) is 5.65 Å². The van der Waals surface area contributed by atoms with Gasteiger partial charge in [0.1, 0.15) is 11.5 Å². The third-order valence-corrected chi connectivity index (χ3v) is 9.98. The van der Waals surface area contributed by atoms with Crippen molar-refractivity contribution in [3.05, 3.63) is 71.4 Å². The van der Waals surface area contributed by atoms with Gasteiger partial charge in [-0.15, -0.1) is 0 Å². The molecule has 6 rings (SSSR count). The molecule has 1 N–H and O–H groups in total. The molecule has 3 aromatic rings. The molecule has 2 aliphatic heterocycles. The highest BCUT2D eigenvalue weighted by Crippen LogP contribution is 2.47. The van der Waals surface area contributed by atoms with E-state index >= 15 is 0 Å². The Morgan fingerprint density at radius 2 is 1.97 bits per heavy atom. The molecule has 7 heteroatoms. The number of likely N-dealkylation sites (tertiary alicyclic amines) is 2. The van der Waals surface area contributed by atoms with E-state index in [0.29, 0.717) is 11.8 Å². The van der Waals surface area contributed by atoms with Crippen LogP contribution in [0.15, 0.2) is 48.8 Å². The van der Waals surface area contributed by atoms with Crippen molar-refractivity contribution in [3.8, 4) is 0 Å². The number of carbonyl (C=O) groups is 1. The van der Waals surface area contributed by atoms with Crippen molar-refractivity contribution in [2.24, 2.45) is 5.92 Å². The summed E-state index contributed by atoms with van der Waals surface area (Å²) in [7, 11) is 0. The molecule has 39 heavy (non-hydrogen) atoms. The third-order valence-electron chi connectivity index (χ3n) is 9.98. The molecule has 1 aromatic carbocycles. The van der Waals surface area contributed by atoms with Gasteiger partial charge in [0.2, 0.25) is 0 Å². The summed E-state index contributed by atoms with van der Waals surface area (Å²) in [4.78, 5) is 21.3. The first kappa shape index (κ1) is 26.5. The predicted octanol–water partition coefficient (Wildman–Crippen LogP) is 5.72. The van der Waals surface area contributed by atoms with Crippen molar-refractivity contribution in [2.75, 3.05) is 32.7 Å². The maximum Gasteiger partial charge on any atom is 0.303 e. The van der Waals surface area contributed by atoms with Gasteiger partial charge in [-0.2, -0.15) is 0 Å². The normalized spacial score (nSPS) is 24.3. The molecule has 0 radical (unpaired) electrons. The molecule has 3 fully saturated rings. The minimum Gasteiger partial charge on any atom is -0.481 e. The van der Waals surface area contributed by atoms with Crippen LogP contribution in [0, 0.1) is 11.7 Å². The molecule has 0 unspecified atom stereocenters. The summed E-state index contributed by atoms with van der Waals surface area (Å²) < 4.78 is 16.6. The summed E-state index contributed by atoms with van der Waals surface area (Å²) in [5.74, 6) is 0.310. The van der Waals surface area contributed by atoms with Gasteiger partial charge in [0.25, 0.3) is 0 Å². The van der Waals surface area contributed by atoms with Crippen LogP contribution in [0.3, 0.4) is 0 Å². The Labute approximate surface area is 230 Å².